The summed E-state index contributed by atoms with van der Waals surface area (Å²) in [5.74, 6) is -14.7. The van der Waals surface area contributed by atoms with Crippen LogP contribution in [0.15, 0.2) is 30.3 Å². The fourth-order valence-electron chi connectivity index (χ4n) is 4.33. The van der Waals surface area contributed by atoms with Crippen molar-refractivity contribution in [1.29, 1.82) is 0 Å². The first-order chi connectivity index (χ1) is 22.7. The van der Waals surface area contributed by atoms with Gasteiger partial charge < -0.3 is 24.3 Å². The molecule has 2 rings (SSSR count). The maximum absolute atomic E-state index is 13.7. The average Bonchev–Trinajstić information content (AvgIpc) is 3.07. The van der Waals surface area contributed by atoms with Crippen molar-refractivity contribution in [2.45, 2.75) is 70.8 Å². The van der Waals surface area contributed by atoms with Gasteiger partial charge in [-0.05, 0) is 44.3 Å². The highest BCUT2D eigenvalue weighted by molar-refractivity contribution is 5.73. The lowest BCUT2D eigenvalue weighted by Crippen LogP contribution is -2.35. The largest absolute Gasteiger partial charge is 0.461 e. The van der Waals surface area contributed by atoms with E-state index >= 15 is 0 Å². The van der Waals surface area contributed by atoms with Gasteiger partial charge in [-0.2, -0.15) is 8.78 Å². The molecule has 3 N–H and O–H groups in total. The molecule has 1 atom stereocenters. The molecule has 2 aromatic carbocycles. The van der Waals surface area contributed by atoms with Crippen molar-refractivity contribution in [3.63, 3.8) is 0 Å². The third-order valence-electron chi connectivity index (χ3n) is 6.90. The number of hydrogen-bond donors (Lipinski definition) is 3. The Kier molecular flexibility index (Phi) is 20.5. The fraction of sp³-hybridized carbons (Fsp3) is 0.576. The SMILES string of the molecule is CCCCCCCC(=O)OC(CCNCOCC(=O)Oc1c(F)c(F)c(F)c(F)c1F)CNCCCNCOCCc1ccccc1. The van der Waals surface area contributed by atoms with E-state index in [1.165, 1.54) is 5.56 Å². The Bertz CT molecular complexity index is 1170. The predicted octanol–water partition coefficient (Wildman–Crippen LogP) is 5.30. The van der Waals surface area contributed by atoms with Crippen molar-refractivity contribution in [2.75, 3.05) is 52.9 Å². The molecule has 0 saturated carbocycles. The molecule has 0 radical (unpaired) electrons. The van der Waals surface area contributed by atoms with Gasteiger partial charge in [-0.3, -0.25) is 15.4 Å². The minimum Gasteiger partial charge on any atom is -0.461 e. The Labute approximate surface area is 272 Å². The fourth-order valence-corrected chi connectivity index (χ4v) is 4.33. The van der Waals surface area contributed by atoms with Crippen LogP contribution in [0, 0.1) is 29.1 Å². The summed E-state index contributed by atoms with van der Waals surface area (Å²) in [7, 11) is 0. The van der Waals surface area contributed by atoms with Gasteiger partial charge in [0.15, 0.2) is 0 Å². The molecule has 0 bridgehead atoms. The molecule has 0 aliphatic carbocycles. The van der Waals surface area contributed by atoms with Crippen LogP contribution >= 0.6 is 0 Å². The number of unbranched alkanes of at least 4 members (excludes halogenated alkanes) is 4. The van der Waals surface area contributed by atoms with Gasteiger partial charge >= 0.3 is 11.9 Å². The van der Waals surface area contributed by atoms with E-state index in [4.69, 9.17) is 14.2 Å². The van der Waals surface area contributed by atoms with Gasteiger partial charge in [0.25, 0.3) is 0 Å². The van der Waals surface area contributed by atoms with Gasteiger partial charge in [-0.1, -0.05) is 62.9 Å². The van der Waals surface area contributed by atoms with Crippen molar-refractivity contribution < 1.29 is 50.5 Å². The molecule has 0 heterocycles. The van der Waals surface area contributed by atoms with Crippen LogP contribution in [0.1, 0.15) is 63.9 Å². The second-order valence-electron chi connectivity index (χ2n) is 10.8. The first-order valence-corrected chi connectivity index (χ1v) is 16.0. The molecule has 0 spiro atoms. The van der Waals surface area contributed by atoms with Crippen molar-refractivity contribution >= 4 is 11.9 Å². The molecule has 264 valence electrons. The van der Waals surface area contributed by atoms with E-state index in [0.29, 0.717) is 45.8 Å². The van der Waals surface area contributed by atoms with E-state index in [1.54, 1.807) is 0 Å². The number of carbonyl (C=O) groups excluding carboxylic acids is 2. The molecule has 9 nitrogen and oxygen atoms in total. The third-order valence-corrected chi connectivity index (χ3v) is 6.90. The van der Waals surface area contributed by atoms with Crippen LogP contribution in [-0.4, -0.2) is 70.9 Å². The average molecular weight is 676 g/mol. The molecule has 0 amide bonds. The number of esters is 2. The van der Waals surface area contributed by atoms with Crippen LogP contribution in [0.5, 0.6) is 5.75 Å². The molecule has 0 aliphatic rings. The Morgan fingerprint density at radius 2 is 1.36 bits per heavy atom. The van der Waals surface area contributed by atoms with E-state index in [-0.39, 0.29) is 12.7 Å². The zero-order chi connectivity index (χ0) is 34.3. The van der Waals surface area contributed by atoms with Gasteiger partial charge in [0, 0.05) is 19.5 Å². The number of halogens is 5. The zero-order valence-electron chi connectivity index (χ0n) is 26.8. The molecule has 0 aromatic heterocycles. The standard InChI is InChI=1S/C33H46F5N3O6/c1-2-3-4-5-9-13-26(42)46-25(20-39-16-10-17-40-22-44-19-15-24-11-7-6-8-12-24)14-18-41-23-45-21-27(43)47-33-31(37)29(35)28(34)30(36)32(33)38/h6-8,11-12,25,39-41H,2-5,9-10,13-23H2,1H3. The van der Waals surface area contributed by atoms with Crippen molar-refractivity contribution in [1.82, 2.24) is 16.0 Å². The van der Waals surface area contributed by atoms with Crippen molar-refractivity contribution in [2.24, 2.45) is 0 Å². The Balaban J connectivity index is 1.65. The van der Waals surface area contributed by atoms with E-state index in [1.807, 2.05) is 18.2 Å². The second kappa shape index (κ2) is 24.0. The molecule has 1 unspecified atom stereocenters. The highest BCUT2D eigenvalue weighted by Gasteiger charge is 2.28. The number of carbonyl (C=O) groups is 2. The smallest absolute Gasteiger partial charge is 0.337 e. The second-order valence-corrected chi connectivity index (χ2v) is 10.8. The molecule has 0 aliphatic heterocycles. The van der Waals surface area contributed by atoms with Gasteiger partial charge in [0.05, 0.1) is 20.1 Å². The molecule has 0 fully saturated rings. The van der Waals surface area contributed by atoms with E-state index in [2.05, 4.69) is 39.7 Å². The van der Waals surface area contributed by atoms with E-state index in [9.17, 15) is 31.5 Å². The first kappa shape index (κ1) is 40.0. The summed E-state index contributed by atoms with van der Waals surface area (Å²) in [5.41, 5.74) is 1.22. The molecular formula is C33H46F5N3O6. The van der Waals surface area contributed by atoms with Crippen LogP contribution in [-0.2, 0) is 30.2 Å². The van der Waals surface area contributed by atoms with E-state index in [0.717, 1.165) is 51.5 Å². The number of benzene rings is 2. The highest BCUT2D eigenvalue weighted by Crippen LogP contribution is 2.29. The lowest BCUT2D eigenvalue weighted by molar-refractivity contribution is -0.149. The molecule has 0 saturated heterocycles. The van der Waals surface area contributed by atoms with Crippen LogP contribution in [0.3, 0.4) is 0 Å². The summed E-state index contributed by atoms with van der Waals surface area (Å²) >= 11 is 0. The van der Waals surface area contributed by atoms with Crippen LogP contribution in [0.4, 0.5) is 22.0 Å². The lowest BCUT2D eigenvalue weighted by atomic mass is 10.1. The van der Waals surface area contributed by atoms with Gasteiger partial charge in [0.2, 0.25) is 34.8 Å². The minimum absolute atomic E-state index is 0.198. The van der Waals surface area contributed by atoms with Crippen LogP contribution in [0.25, 0.3) is 0 Å². The van der Waals surface area contributed by atoms with Crippen molar-refractivity contribution in [3.05, 3.63) is 65.0 Å². The number of ether oxygens (including phenoxy) is 4. The molecule has 47 heavy (non-hydrogen) atoms. The maximum Gasteiger partial charge on any atom is 0.337 e. The summed E-state index contributed by atoms with van der Waals surface area (Å²) in [4.78, 5) is 24.2. The normalized spacial score (nSPS) is 11.9. The van der Waals surface area contributed by atoms with Gasteiger partial charge in [-0.15, -0.1) is 0 Å². The Morgan fingerprint density at radius 1 is 0.723 bits per heavy atom. The quantitative estimate of drug-likeness (QED) is 0.0233. The Hall–Kier alpha value is -3.17. The van der Waals surface area contributed by atoms with Gasteiger partial charge in [0.1, 0.15) is 12.7 Å². The minimum atomic E-state index is -2.36. The van der Waals surface area contributed by atoms with Crippen LogP contribution < -0.4 is 20.7 Å². The van der Waals surface area contributed by atoms with Gasteiger partial charge in [-0.25, -0.2) is 18.0 Å². The third kappa shape index (κ3) is 16.5. The summed E-state index contributed by atoms with van der Waals surface area (Å²) in [6, 6.07) is 10.1. The Morgan fingerprint density at radius 3 is 2.09 bits per heavy atom. The number of rotatable bonds is 26. The topological polar surface area (TPSA) is 107 Å². The monoisotopic (exact) mass is 675 g/mol. The molecular weight excluding hydrogens is 629 g/mol. The number of nitrogens with one attached hydrogen (secondary N) is 3. The lowest BCUT2D eigenvalue weighted by Gasteiger charge is -2.19. The summed E-state index contributed by atoms with van der Waals surface area (Å²) in [6.07, 6.45) is 7.01. The van der Waals surface area contributed by atoms with E-state index < -0.39 is 53.5 Å². The summed E-state index contributed by atoms with van der Waals surface area (Å²) in [6.45, 7) is 4.35. The summed E-state index contributed by atoms with van der Waals surface area (Å²) < 4.78 is 87.7. The first-order valence-electron chi connectivity index (χ1n) is 16.0. The maximum atomic E-state index is 13.7. The van der Waals surface area contributed by atoms with Crippen molar-refractivity contribution in [3.8, 4) is 5.75 Å². The zero-order valence-corrected chi connectivity index (χ0v) is 26.8. The van der Waals surface area contributed by atoms with Crippen LogP contribution in [0.2, 0.25) is 0 Å². The molecule has 2 aromatic rings. The highest BCUT2D eigenvalue weighted by atomic mass is 19.2. The molecule has 14 heteroatoms. The summed E-state index contributed by atoms with van der Waals surface area (Å²) in [5, 5.41) is 9.40. The number of hydrogen-bond acceptors (Lipinski definition) is 9. The predicted molar refractivity (Wildman–Crippen MR) is 165 cm³/mol.